The van der Waals surface area contributed by atoms with Gasteiger partial charge in [0.15, 0.2) is 24.4 Å². The third-order valence-corrected chi connectivity index (χ3v) is 3.65. The molecule has 0 bridgehead atoms. The number of carboxylic acid groups (broad SMARTS) is 2. The summed E-state index contributed by atoms with van der Waals surface area (Å²) >= 11 is 0. The lowest BCUT2D eigenvalue weighted by atomic mass is 10.1. The highest BCUT2D eigenvalue weighted by Gasteiger charge is 2.37. The molecule has 0 saturated carbocycles. The van der Waals surface area contributed by atoms with Crippen molar-refractivity contribution in [3.8, 4) is 0 Å². The molecule has 0 fully saturated rings. The van der Waals surface area contributed by atoms with E-state index in [2.05, 4.69) is 0 Å². The van der Waals surface area contributed by atoms with Gasteiger partial charge in [-0.25, -0.2) is 9.59 Å². The van der Waals surface area contributed by atoms with Crippen LogP contribution in [0.5, 0.6) is 0 Å². The molecule has 0 radical (unpaired) electrons. The summed E-state index contributed by atoms with van der Waals surface area (Å²) in [5, 5.41) is 37.9. The summed E-state index contributed by atoms with van der Waals surface area (Å²) in [6.45, 7) is 0.213. The third-order valence-electron chi connectivity index (χ3n) is 3.65. The second kappa shape index (κ2) is 11.2. The summed E-state index contributed by atoms with van der Waals surface area (Å²) in [6.07, 6.45) is -7.92. The van der Waals surface area contributed by atoms with E-state index in [9.17, 15) is 29.4 Å². The van der Waals surface area contributed by atoms with Crippen LogP contribution >= 0.6 is 0 Å². The molecule has 2 unspecified atom stereocenters. The number of ether oxygens (including phenoxy) is 2. The fraction of sp³-hybridized carbons (Fsp3) is 0.778. The van der Waals surface area contributed by atoms with Crippen LogP contribution in [-0.2, 0) is 28.7 Å². The smallest absolute Gasteiger partial charge is 0.338 e. The number of aliphatic hydroxyl groups excluding tert-OH is 2. The van der Waals surface area contributed by atoms with Crippen molar-refractivity contribution in [2.75, 3.05) is 55.4 Å². The molecule has 0 aliphatic carbocycles. The summed E-state index contributed by atoms with van der Waals surface area (Å²) in [5.41, 5.74) is 0. The van der Waals surface area contributed by atoms with Crippen molar-refractivity contribution < 1.29 is 58.0 Å². The van der Waals surface area contributed by atoms with Gasteiger partial charge in [0.05, 0.1) is 55.1 Å². The van der Waals surface area contributed by atoms with Crippen LogP contribution in [0.2, 0.25) is 0 Å². The topological polar surface area (TPSA) is 168 Å². The Bertz CT molecular complexity index is 569. The first-order valence-corrected chi connectivity index (χ1v) is 9.23. The first-order chi connectivity index (χ1) is 13.4. The minimum Gasteiger partial charge on any atom is -0.481 e. The van der Waals surface area contributed by atoms with Gasteiger partial charge >= 0.3 is 23.9 Å². The lowest BCUT2D eigenvalue weighted by Crippen LogP contribution is -2.49. The Balaban J connectivity index is 5.13. The lowest BCUT2D eigenvalue weighted by Gasteiger charge is -2.30. The number of carbonyl (C=O) groups excluding carboxylic acids is 2. The first-order valence-electron chi connectivity index (χ1n) is 9.23. The quantitative estimate of drug-likeness (QED) is 0.185. The molecule has 0 saturated heterocycles. The molecular formula is C18H34N2O10+2. The molecular weight excluding hydrogens is 404 g/mol. The van der Waals surface area contributed by atoms with Gasteiger partial charge in [0.25, 0.3) is 0 Å². The zero-order chi connectivity index (χ0) is 23.9. The average Bonchev–Trinajstić information content (AvgIpc) is 2.48. The molecule has 0 amide bonds. The molecule has 0 heterocycles. The zero-order valence-electron chi connectivity index (χ0n) is 18.3. The Morgan fingerprint density at radius 2 is 0.933 bits per heavy atom. The predicted octanol–water partition coefficient (Wildman–Crippen LogP) is -2.11. The Kier molecular flexibility index (Phi) is 10.4. The molecule has 174 valence electrons. The standard InChI is InChI=1S/C18H32N2O10/c1-19(2,3)9-11(7-13(21)22)29-17(27)15(25)16(26)18(28)30-12(8-14(23)24)10-20(4,5)6/h11-12,15-16,25-26H,7-10H2,1-6H3/p+2/t11-,12-,15?,16?/m1/s1. The molecule has 0 aliphatic heterocycles. The van der Waals surface area contributed by atoms with Gasteiger partial charge in [-0.3, -0.25) is 9.59 Å². The number of rotatable bonds is 13. The molecule has 4 atom stereocenters. The second-order valence-electron chi connectivity index (χ2n) is 9.15. The Morgan fingerprint density at radius 1 is 0.667 bits per heavy atom. The van der Waals surface area contributed by atoms with Crippen molar-refractivity contribution in [3.63, 3.8) is 0 Å². The van der Waals surface area contributed by atoms with Crippen LogP contribution in [0.3, 0.4) is 0 Å². The molecule has 0 spiro atoms. The number of aliphatic hydroxyl groups is 2. The molecule has 12 heteroatoms. The summed E-state index contributed by atoms with van der Waals surface area (Å²) < 4.78 is 10.5. The number of aliphatic carboxylic acids is 2. The van der Waals surface area contributed by atoms with E-state index >= 15 is 0 Å². The van der Waals surface area contributed by atoms with Crippen LogP contribution < -0.4 is 0 Å². The largest absolute Gasteiger partial charge is 0.481 e. The Morgan fingerprint density at radius 3 is 1.13 bits per heavy atom. The fourth-order valence-electron chi connectivity index (χ4n) is 2.62. The van der Waals surface area contributed by atoms with Crippen molar-refractivity contribution in [2.45, 2.75) is 37.3 Å². The number of likely N-dealkylation sites (N-methyl/N-ethyl adjacent to an activating group) is 2. The number of hydrogen-bond donors (Lipinski definition) is 4. The molecule has 12 nitrogen and oxygen atoms in total. The van der Waals surface area contributed by atoms with E-state index in [4.69, 9.17) is 19.7 Å². The van der Waals surface area contributed by atoms with Crippen LogP contribution in [0.25, 0.3) is 0 Å². The highest BCUT2D eigenvalue weighted by molar-refractivity contribution is 5.85. The van der Waals surface area contributed by atoms with E-state index in [-0.39, 0.29) is 22.1 Å². The maximum Gasteiger partial charge on any atom is 0.338 e. The fourth-order valence-corrected chi connectivity index (χ4v) is 2.62. The van der Waals surface area contributed by atoms with Gasteiger partial charge in [-0.2, -0.15) is 0 Å². The monoisotopic (exact) mass is 438 g/mol. The number of nitrogens with zero attached hydrogens (tertiary/aromatic N) is 2. The average molecular weight is 438 g/mol. The Hall–Kier alpha value is -2.28. The van der Waals surface area contributed by atoms with Gasteiger partial charge in [-0.05, 0) is 0 Å². The van der Waals surface area contributed by atoms with Gasteiger partial charge in [0, 0.05) is 0 Å². The van der Waals surface area contributed by atoms with Gasteiger partial charge in [-0.15, -0.1) is 0 Å². The summed E-state index contributed by atoms with van der Waals surface area (Å²) in [4.78, 5) is 46.2. The van der Waals surface area contributed by atoms with E-state index in [0.29, 0.717) is 0 Å². The molecule has 0 aliphatic rings. The van der Waals surface area contributed by atoms with Gasteiger partial charge in [-0.1, -0.05) is 0 Å². The number of hydrogen-bond acceptors (Lipinski definition) is 8. The van der Waals surface area contributed by atoms with Gasteiger partial charge in [0.1, 0.15) is 13.1 Å². The van der Waals surface area contributed by atoms with E-state index < -0.39 is 61.1 Å². The van der Waals surface area contributed by atoms with Gasteiger partial charge < -0.3 is 38.9 Å². The molecule has 4 N–H and O–H groups in total. The normalized spacial score (nSPS) is 16.1. The van der Waals surface area contributed by atoms with E-state index in [1.807, 2.05) is 0 Å². The van der Waals surface area contributed by atoms with Crippen molar-refractivity contribution in [2.24, 2.45) is 0 Å². The SMILES string of the molecule is C[N+](C)(C)C[C@@H](CC(=O)O)OC(=O)C(O)C(O)C(=O)O[C@H](CC(=O)O)C[N+](C)(C)C. The van der Waals surface area contributed by atoms with E-state index in [1.165, 1.54) is 0 Å². The maximum absolute atomic E-state index is 12.1. The number of quaternary nitrogens is 2. The number of carboxylic acids is 2. The summed E-state index contributed by atoms with van der Waals surface area (Å²) in [5.74, 6) is -5.24. The molecule has 0 aromatic carbocycles. The van der Waals surface area contributed by atoms with Crippen molar-refractivity contribution >= 4 is 23.9 Å². The minimum absolute atomic E-state index is 0.107. The highest BCUT2D eigenvalue weighted by atomic mass is 16.6. The van der Waals surface area contributed by atoms with Crippen molar-refractivity contribution in [1.82, 2.24) is 0 Å². The van der Waals surface area contributed by atoms with Crippen molar-refractivity contribution in [1.29, 1.82) is 0 Å². The lowest BCUT2D eigenvalue weighted by molar-refractivity contribution is -0.873. The van der Waals surface area contributed by atoms with Crippen LogP contribution in [0.4, 0.5) is 0 Å². The van der Waals surface area contributed by atoms with Crippen molar-refractivity contribution in [3.05, 3.63) is 0 Å². The van der Waals surface area contributed by atoms with Crippen LogP contribution in [0, 0.1) is 0 Å². The Labute approximate surface area is 175 Å². The van der Waals surface area contributed by atoms with Gasteiger partial charge in [0.2, 0.25) is 0 Å². The van der Waals surface area contributed by atoms with Crippen LogP contribution in [0.15, 0.2) is 0 Å². The molecule has 30 heavy (non-hydrogen) atoms. The van der Waals surface area contributed by atoms with Crippen LogP contribution in [0.1, 0.15) is 12.8 Å². The molecule has 0 aromatic rings. The number of carbonyl (C=O) groups is 4. The van der Waals surface area contributed by atoms with E-state index in [0.717, 1.165) is 0 Å². The first kappa shape index (κ1) is 27.7. The highest BCUT2D eigenvalue weighted by Crippen LogP contribution is 2.11. The summed E-state index contributed by atoms with van der Waals surface area (Å²) in [7, 11) is 10.4. The van der Waals surface area contributed by atoms with Crippen LogP contribution in [-0.4, -0.2) is 133 Å². The predicted molar refractivity (Wildman–Crippen MR) is 102 cm³/mol. The summed E-state index contributed by atoms with van der Waals surface area (Å²) in [6, 6.07) is 0. The minimum atomic E-state index is -2.32. The number of esters is 2. The zero-order valence-corrected chi connectivity index (χ0v) is 18.3. The maximum atomic E-state index is 12.1. The van der Waals surface area contributed by atoms with E-state index in [1.54, 1.807) is 42.3 Å². The third kappa shape index (κ3) is 12.3. The second-order valence-corrected chi connectivity index (χ2v) is 9.15. The molecule has 0 rings (SSSR count). The molecule has 0 aromatic heterocycles.